The van der Waals surface area contributed by atoms with Crippen LogP contribution in [-0.2, 0) is 33.3 Å². The van der Waals surface area contributed by atoms with Gasteiger partial charge in [0.25, 0.3) is 0 Å². The molecule has 0 heterocycles. The van der Waals surface area contributed by atoms with Crippen molar-refractivity contribution in [3.63, 3.8) is 0 Å². The van der Waals surface area contributed by atoms with Gasteiger partial charge in [-0.3, -0.25) is 0 Å². The first-order valence-electron chi connectivity index (χ1n) is 4.81. The number of esters is 2. The summed E-state index contributed by atoms with van der Waals surface area (Å²) in [6, 6.07) is 0. The first-order valence-corrected chi connectivity index (χ1v) is 4.81. The van der Waals surface area contributed by atoms with Crippen LogP contribution in [0.5, 0.6) is 0 Å². The van der Waals surface area contributed by atoms with Gasteiger partial charge in [-0.25, -0.2) is 9.59 Å². The predicted octanol–water partition coefficient (Wildman–Crippen LogP) is -0.623. The van der Waals surface area contributed by atoms with Crippen molar-refractivity contribution in [3.05, 3.63) is 0 Å². The molecule has 17 heavy (non-hydrogen) atoms. The normalized spacial score (nSPS) is 14.2. The van der Waals surface area contributed by atoms with Crippen LogP contribution in [0, 0.1) is 0 Å². The van der Waals surface area contributed by atoms with Crippen molar-refractivity contribution in [1.29, 1.82) is 0 Å². The van der Waals surface area contributed by atoms with Crippen molar-refractivity contribution in [3.8, 4) is 0 Å². The highest BCUT2D eigenvalue weighted by atomic mass is 16.6. The zero-order chi connectivity index (χ0) is 13.4. The summed E-state index contributed by atoms with van der Waals surface area (Å²) in [7, 11) is 6.35. The van der Waals surface area contributed by atoms with Crippen LogP contribution < -0.4 is 0 Å². The standard InChI is InChI=1S/C10H18O7/c1-13-6(7(14-2)9(11)16-4)8(15-3)10(12)17-5/h6-8H,1-5H3/t7-,8-/m1/s1. The number of carbonyl (C=O) groups is 2. The van der Waals surface area contributed by atoms with Crippen molar-refractivity contribution < 1.29 is 33.3 Å². The maximum Gasteiger partial charge on any atom is 0.337 e. The van der Waals surface area contributed by atoms with Gasteiger partial charge in [0, 0.05) is 21.3 Å². The fourth-order valence-corrected chi connectivity index (χ4v) is 1.37. The SMILES string of the molecule is COC(=O)[C@H](OC)C(OC)[C@@H](OC)C(=O)OC. The van der Waals surface area contributed by atoms with Crippen LogP contribution in [-0.4, -0.2) is 65.8 Å². The summed E-state index contributed by atoms with van der Waals surface area (Å²) in [6.07, 6.45) is -3.10. The van der Waals surface area contributed by atoms with Crippen LogP contribution in [0.4, 0.5) is 0 Å². The molecule has 0 saturated heterocycles. The van der Waals surface area contributed by atoms with Crippen molar-refractivity contribution in [2.45, 2.75) is 18.3 Å². The number of hydrogen-bond acceptors (Lipinski definition) is 7. The lowest BCUT2D eigenvalue weighted by atomic mass is 10.1. The van der Waals surface area contributed by atoms with E-state index in [4.69, 9.17) is 14.2 Å². The molecule has 0 aliphatic carbocycles. The van der Waals surface area contributed by atoms with E-state index in [0.29, 0.717) is 0 Å². The Bertz CT molecular complexity index is 229. The number of methoxy groups -OCH3 is 5. The molecule has 0 bridgehead atoms. The van der Waals surface area contributed by atoms with Gasteiger partial charge in [0.15, 0.2) is 12.2 Å². The average Bonchev–Trinajstić information content (AvgIpc) is 2.37. The molecule has 0 N–H and O–H groups in total. The minimum atomic E-state index is -1.07. The van der Waals surface area contributed by atoms with Crippen LogP contribution in [0.15, 0.2) is 0 Å². The lowest BCUT2D eigenvalue weighted by Gasteiger charge is -2.27. The Morgan fingerprint density at radius 1 is 0.706 bits per heavy atom. The first-order chi connectivity index (χ1) is 8.06. The van der Waals surface area contributed by atoms with Gasteiger partial charge in [0.05, 0.1) is 14.2 Å². The largest absolute Gasteiger partial charge is 0.467 e. The van der Waals surface area contributed by atoms with Gasteiger partial charge in [-0.05, 0) is 0 Å². The van der Waals surface area contributed by atoms with E-state index >= 15 is 0 Å². The number of rotatable bonds is 7. The zero-order valence-electron chi connectivity index (χ0n) is 10.6. The maximum atomic E-state index is 11.4. The van der Waals surface area contributed by atoms with E-state index in [9.17, 15) is 9.59 Å². The molecule has 0 aromatic rings. The van der Waals surface area contributed by atoms with Gasteiger partial charge in [0.2, 0.25) is 0 Å². The Labute approximate surface area is 99.9 Å². The van der Waals surface area contributed by atoms with Crippen molar-refractivity contribution in [1.82, 2.24) is 0 Å². The van der Waals surface area contributed by atoms with Crippen LogP contribution in [0.3, 0.4) is 0 Å². The summed E-state index contributed by atoms with van der Waals surface area (Å²) >= 11 is 0. The molecular weight excluding hydrogens is 232 g/mol. The van der Waals surface area contributed by atoms with Crippen molar-refractivity contribution in [2.75, 3.05) is 35.5 Å². The van der Waals surface area contributed by atoms with Crippen molar-refractivity contribution >= 4 is 11.9 Å². The Morgan fingerprint density at radius 3 is 1.24 bits per heavy atom. The first kappa shape index (κ1) is 15.8. The van der Waals surface area contributed by atoms with Crippen LogP contribution in [0.25, 0.3) is 0 Å². The van der Waals surface area contributed by atoms with Gasteiger partial charge in [0.1, 0.15) is 6.10 Å². The van der Waals surface area contributed by atoms with Gasteiger partial charge in [-0.1, -0.05) is 0 Å². The van der Waals surface area contributed by atoms with Gasteiger partial charge >= 0.3 is 11.9 Å². The molecule has 0 fully saturated rings. The second kappa shape index (κ2) is 7.99. The van der Waals surface area contributed by atoms with Crippen LogP contribution in [0.1, 0.15) is 0 Å². The molecule has 0 rings (SSSR count). The molecule has 0 radical (unpaired) electrons. The van der Waals surface area contributed by atoms with Crippen molar-refractivity contribution in [2.24, 2.45) is 0 Å². The topological polar surface area (TPSA) is 80.3 Å². The molecule has 100 valence electrons. The molecule has 0 aromatic carbocycles. The highest BCUT2D eigenvalue weighted by Crippen LogP contribution is 2.13. The smallest absolute Gasteiger partial charge is 0.337 e. The van der Waals surface area contributed by atoms with E-state index in [1.165, 1.54) is 35.5 Å². The molecule has 7 nitrogen and oxygen atoms in total. The highest BCUT2D eigenvalue weighted by Gasteiger charge is 2.40. The van der Waals surface area contributed by atoms with E-state index in [0.717, 1.165) is 0 Å². The molecule has 0 amide bonds. The molecule has 0 saturated carbocycles. The van der Waals surface area contributed by atoms with Gasteiger partial charge in [-0.15, -0.1) is 0 Å². The average molecular weight is 250 g/mol. The van der Waals surface area contributed by atoms with E-state index in [1.54, 1.807) is 0 Å². The Kier molecular flexibility index (Phi) is 7.44. The summed E-state index contributed by atoms with van der Waals surface area (Å²) in [6.45, 7) is 0. The summed E-state index contributed by atoms with van der Waals surface area (Å²) < 4.78 is 24.0. The molecule has 0 aliphatic rings. The third kappa shape index (κ3) is 3.95. The summed E-state index contributed by atoms with van der Waals surface area (Å²) in [4.78, 5) is 22.9. The third-order valence-electron chi connectivity index (χ3n) is 2.24. The predicted molar refractivity (Wildman–Crippen MR) is 56.4 cm³/mol. The fraction of sp³-hybridized carbons (Fsp3) is 0.800. The van der Waals surface area contributed by atoms with E-state index in [-0.39, 0.29) is 0 Å². The van der Waals surface area contributed by atoms with E-state index in [2.05, 4.69) is 9.47 Å². The maximum absolute atomic E-state index is 11.4. The monoisotopic (exact) mass is 250 g/mol. The molecule has 0 unspecified atom stereocenters. The second-order valence-electron chi connectivity index (χ2n) is 3.06. The zero-order valence-corrected chi connectivity index (χ0v) is 10.6. The summed E-state index contributed by atoms with van der Waals surface area (Å²) in [5, 5.41) is 0. The lowest BCUT2D eigenvalue weighted by Crippen LogP contribution is -2.49. The Balaban J connectivity index is 4.98. The molecule has 0 aliphatic heterocycles. The molecule has 0 spiro atoms. The Hall–Kier alpha value is -1.18. The quantitative estimate of drug-likeness (QED) is 0.557. The molecular formula is C10H18O7. The minimum absolute atomic E-state index is 0.662. The number of hydrogen-bond donors (Lipinski definition) is 0. The van der Waals surface area contributed by atoms with Crippen LogP contribution >= 0.6 is 0 Å². The molecule has 7 heteroatoms. The Morgan fingerprint density at radius 2 is 1.06 bits per heavy atom. The third-order valence-corrected chi connectivity index (χ3v) is 2.24. The molecule has 2 atom stereocenters. The highest BCUT2D eigenvalue weighted by molar-refractivity contribution is 5.80. The number of ether oxygens (including phenoxy) is 5. The number of carbonyl (C=O) groups excluding carboxylic acids is 2. The summed E-state index contributed by atoms with van der Waals surface area (Å²) in [5.41, 5.74) is 0. The second-order valence-corrected chi connectivity index (χ2v) is 3.06. The van der Waals surface area contributed by atoms with Gasteiger partial charge < -0.3 is 23.7 Å². The van der Waals surface area contributed by atoms with Crippen LogP contribution in [0.2, 0.25) is 0 Å². The van der Waals surface area contributed by atoms with E-state index in [1.807, 2.05) is 0 Å². The minimum Gasteiger partial charge on any atom is -0.467 e. The van der Waals surface area contributed by atoms with E-state index < -0.39 is 30.3 Å². The van der Waals surface area contributed by atoms with Gasteiger partial charge in [-0.2, -0.15) is 0 Å². The fourth-order valence-electron chi connectivity index (χ4n) is 1.37. The summed E-state index contributed by atoms with van der Waals surface area (Å²) in [5.74, 6) is -1.32. The molecule has 0 aromatic heterocycles. The lowest BCUT2D eigenvalue weighted by molar-refractivity contribution is -0.180.